The molecule has 7 nitrogen and oxygen atoms in total. The standard InChI is InChI=1S/C22H25N3O4/c1-16-18(10-7-11-19(16)25(28)29)20(26)23-12-14-24(15-13-23)21(27)22(2,3)17-8-5-4-6-9-17/h4-11H,12-15H2,1-3H3. The molecule has 0 spiro atoms. The van der Waals surface area contributed by atoms with E-state index in [9.17, 15) is 19.7 Å². The van der Waals surface area contributed by atoms with Gasteiger partial charge in [-0.3, -0.25) is 19.7 Å². The number of carbonyl (C=O) groups excluding carboxylic acids is 2. The first-order chi connectivity index (χ1) is 13.7. The Morgan fingerprint density at radius 1 is 0.931 bits per heavy atom. The first kappa shape index (κ1) is 20.5. The Labute approximate surface area is 170 Å². The van der Waals surface area contributed by atoms with Gasteiger partial charge in [-0.1, -0.05) is 36.4 Å². The Kier molecular flexibility index (Phi) is 5.68. The van der Waals surface area contributed by atoms with Crippen molar-refractivity contribution in [3.8, 4) is 0 Å². The van der Waals surface area contributed by atoms with Gasteiger partial charge in [0.1, 0.15) is 0 Å². The van der Waals surface area contributed by atoms with Crippen molar-refractivity contribution in [2.45, 2.75) is 26.2 Å². The van der Waals surface area contributed by atoms with E-state index in [1.165, 1.54) is 12.1 Å². The second-order valence-electron chi connectivity index (χ2n) is 7.78. The maximum absolute atomic E-state index is 13.1. The predicted molar refractivity (Wildman–Crippen MR) is 110 cm³/mol. The molecule has 0 atom stereocenters. The first-order valence-electron chi connectivity index (χ1n) is 9.61. The maximum atomic E-state index is 13.1. The molecule has 1 aliphatic heterocycles. The summed E-state index contributed by atoms with van der Waals surface area (Å²) in [4.78, 5) is 40.1. The van der Waals surface area contributed by atoms with E-state index in [0.29, 0.717) is 37.3 Å². The lowest BCUT2D eigenvalue weighted by atomic mass is 9.83. The highest BCUT2D eigenvalue weighted by Gasteiger charge is 2.36. The number of hydrogen-bond acceptors (Lipinski definition) is 4. The predicted octanol–water partition coefficient (Wildman–Crippen LogP) is 3.17. The third-order valence-corrected chi connectivity index (χ3v) is 5.62. The third-order valence-electron chi connectivity index (χ3n) is 5.62. The molecule has 1 heterocycles. The molecule has 29 heavy (non-hydrogen) atoms. The van der Waals surface area contributed by atoms with Crippen LogP contribution >= 0.6 is 0 Å². The van der Waals surface area contributed by atoms with Crippen molar-refractivity contribution in [2.75, 3.05) is 26.2 Å². The summed E-state index contributed by atoms with van der Waals surface area (Å²) in [5, 5.41) is 11.1. The van der Waals surface area contributed by atoms with Gasteiger partial charge in [0.25, 0.3) is 11.6 Å². The summed E-state index contributed by atoms with van der Waals surface area (Å²) in [6.07, 6.45) is 0. The average molecular weight is 395 g/mol. The number of rotatable bonds is 4. The normalized spacial score (nSPS) is 14.6. The van der Waals surface area contributed by atoms with Crippen LogP contribution in [0.3, 0.4) is 0 Å². The van der Waals surface area contributed by atoms with Crippen molar-refractivity contribution in [1.29, 1.82) is 0 Å². The number of benzene rings is 2. The SMILES string of the molecule is Cc1c(C(=O)N2CCN(C(=O)C(C)(C)c3ccccc3)CC2)cccc1[N+](=O)[O-]. The van der Waals surface area contributed by atoms with E-state index in [4.69, 9.17) is 0 Å². The Hall–Kier alpha value is -3.22. The molecule has 0 aliphatic carbocycles. The van der Waals surface area contributed by atoms with E-state index in [0.717, 1.165) is 5.56 Å². The fourth-order valence-corrected chi connectivity index (χ4v) is 3.71. The average Bonchev–Trinajstić information content (AvgIpc) is 2.73. The quantitative estimate of drug-likeness (QED) is 0.588. The number of amides is 2. The zero-order valence-electron chi connectivity index (χ0n) is 16.9. The van der Waals surface area contributed by atoms with Crippen LogP contribution in [0, 0.1) is 17.0 Å². The summed E-state index contributed by atoms with van der Waals surface area (Å²) in [6, 6.07) is 14.2. The molecule has 0 saturated carbocycles. The maximum Gasteiger partial charge on any atom is 0.273 e. The molecule has 0 bridgehead atoms. The Balaban J connectivity index is 1.69. The molecule has 7 heteroatoms. The molecule has 0 aromatic heterocycles. The van der Waals surface area contributed by atoms with E-state index in [1.54, 1.807) is 22.8 Å². The number of nitrogens with zero attached hydrogens (tertiary/aromatic N) is 3. The molecule has 0 radical (unpaired) electrons. The van der Waals surface area contributed by atoms with Crippen LogP contribution in [0.5, 0.6) is 0 Å². The van der Waals surface area contributed by atoms with E-state index in [-0.39, 0.29) is 17.5 Å². The van der Waals surface area contributed by atoms with Crippen molar-refractivity contribution in [3.05, 3.63) is 75.3 Å². The lowest BCUT2D eigenvalue weighted by Crippen LogP contribution is -2.54. The highest BCUT2D eigenvalue weighted by atomic mass is 16.6. The van der Waals surface area contributed by atoms with Gasteiger partial charge in [0.2, 0.25) is 5.91 Å². The van der Waals surface area contributed by atoms with Gasteiger partial charge in [0.05, 0.1) is 10.3 Å². The van der Waals surface area contributed by atoms with Crippen molar-refractivity contribution in [1.82, 2.24) is 9.80 Å². The summed E-state index contributed by atoms with van der Waals surface area (Å²) in [6.45, 7) is 7.09. The zero-order chi connectivity index (χ0) is 21.2. The van der Waals surface area contributed by atoms with Gasteiger partial charge in [-0.05, 0) is 32.4 Å². The van der Waals surface area contributed by atoms with Crippen molar-refractivity contribution < 1.29 is 14.5 Å². The summed E-state index contributed by atoms with van der Waals surface area (Å²) < 4.78 is 0. The van der Waals surface area contributed by atoms with Gasteiger partial charge in [0.15, 0.2) is 0 Å². The van der Waals surface area contributed by atoms with Crippen molar-refractivity contribution >= 4 is 17.5 Å². The van der Waals surface area contributed by atoms with Gasteiger partial charge in [-0.2, -0.15) is 0 Å². The van der Waals surface area contributed by atoms with Crippen LogP contribution in [0.4, 0.5) is 5.69 Å². The van der Waals surface area contributed by atoms with E-state index in [1.807, 2.05) is 44.2 Å². The summed E-state index contributed by atoms with van der Waals surface area (Å²) in [5.41, 5.74) is 0.948. The zero-order valence-corrected chi connectivity index (χ0v) is 16.9. The van der Waals surface area contributed by atoms with Gasteiger partial charge in [-0.25, -0.2) is 0 Å². The minimum atomic E-state index is -0.649. The van der Waals surface area contributed by atoms with E-state index < -0.39 is 10.3 Å². The minimum Gasteiger partial charge on any atom is -0.338 e. The van der Waals surface area contributed by atoms with Crippen LogP contribution in [-0.2, 0) is 10.2 Å². The smallest absolute Gasteiger partial charge is 0.273 e. The Morgan fingerprint density at radius 2 is 1.52 bits per heavy atom. The molecule has 1 saturated heterocycles. The number of nitro groups is 1. The van der Waals surface area contributed by atoms with Gasteiger partial charge < -0.3 is 9.80 Å². The largest absolute Gasteiger partial charge is 0.338 e. The summed E-state index contributed by atoms with van der Waals surface area (Å²) in [5.74, 6) is -0.206. The lowest BCUT2D eigenvalue weighted by Gasteiger charge is -2.39. The van der Waals surface area contributed by atoms with Crippen molar-refractivity contribution in [2.24, 2.45) is 0 Å². The summed E-state index contributed by atoms with van der Waals surface area (Å²) >= 11 is 0. The molecule has 2 aromatic carbocycles. The molecule has 1 aliphatic rings. The molecular formula is C22H25N3O4. The monoisotopic (exact) mass is 395 g/mol. The van der Waals surface area contributed by atoms with Crippen LogP contribution in [-0.4, -0.2) is 52.7 Å². The molecule has 1 fully saturated rings. The first-order valence-corrected chi connectivity index (χ1v) is 9.61. The van der Waals surface area contributed by atoms with E-state index in [2.05, 4.69) is 0 Å². The van der Waals surface area contributed by atoms with Gasteiger partial charge in [0, 0.05) is 43.4 Å². The topological polar surface area (TPSA) is 83.8 Å². The van der Waals surface area contributed by atoms with E-state index >= 15 is 0 Å². The molecule has 0 N–H and O–H groups in total. The number of piperazine rings is 1. The van der Waals surface area contributed by atoms with Crippen LogP contribution in [0.2, 0.25) is 0 Å². The second-order valence-corrected chi connectivity index (χ2v) is 7.78. The fourth-order valence-electron chi connectivity index (χ4n) is 3.71. The molecule has 3 rings (SSSR count). The Morgan fingerprint density at radius 3 is 2.10 bits per heavy atom. The van der Waals surface area contributed by atoms with Crippen molar-refractivity contribution in [3.63, 3.8) is 0 Å². The van der Waals surface area contributed by atoms with Crippen LogP contribution in [0.25, 0.3) is 0 Å². The highest BCUT2D eigenvalue weighted by Crippen LogP contribution is 2.27. The Bertz CT molecular complexity index is 932. The number of hydrogen-bond donors (Lipinski definition) is 0. The van der Waals surface area contributed by atoms with Gasteiger partial charge >= 0.3 is 0 Å². The van der Waals surface area contributed by atoms with Gasteiger partial charge in [-0.15, -0.1) is 0 Å². The number of nitro benzene ring substituents is 1. The van der Waals surface area contributed by atoms with Crippen LogP contribution in [0.15, 0.2) is 48.5 Å². The lowest BCUT2D eigenvalue weighted by molar-refractivity contribution is -0.385. The molecule has 2 aromatic rings. The highest BCUT2D eigenvalue weighted by molar-refractivity contribution is 5.97. The summed E-state index contributed by atoms with van der Waals surface area (Å²) in [7, 11) is 0. The van der Waals surface area contributed by atoms with Crippen LogP contribution < -0.4 is 0 Å². The molecule has 152 valence electrons. The molecule has 0 unspecified atom stereocenters. The minimum absolute atomic E-state index is 0.0299. The second kappa shape index (κ2) is 8.03. The van der Waals surface area contributed by atoms with Crippen LogP contribution in [0.1, 0.15) is 35.3 Å². The third kappa shape index (κ3) is 3.99. The molecule has 2 amide bonds. The molecular weight excluding hydrogens is 370 g/mol. The number of carbonyl (C=O) groups is 2. The fraction of sp³-hybridized carbons (Fsp3) is 0.364.